The lowest BCUT2D eigenvalue weighted by Crippen LogP contribution is -2.45. The van der Waals surface area contributed by atoms with E-state index in [1.807, 2.05) is 60.8 Å². The Bertz CT molecular complexity index is 863. The van der Waals surface area contributed by atoms with Gasteiger partial charge in [-0.15, -0.1) is 0 Å². The summed E-state index contributed by atoms with van der Waals surface area (Å²) in [6.07, 6.45) is 2.73. The highest BCUT2D eigenvalue weighted by atomic mass is 35.5. The summed E-state index contributed by atoms with van der Waals surface area (Å²) in [5.74, 6) is 0.271. The van der Waals surface area contributed by atoms with Crippen molar-refractivity contribution in [1.29, 1.82) is 0 Å². The molecule has 164 valence electrons. The zero-order chi connectivity index (χ0) is 22.3. The molecule has 0 radical (unpaired) electrons. The van der Waals surface area contributed by atoms with E-state index in [9.17, 15) is 9.59 Å². The molecular weight excluding hydrogens is 400 g/mol. The van der Waals surface area contributed by atoms with Crippen LogP contribution in [0.5, 0.6) is 0 Å². The molecule has 3 amide bonds. The van der Waals surface area contributed by atoms with Crippen LogP contribution in [0.15, 0.2) is 36.5 Å². The van der Waals surface area contributed by atoms with E-state index in [1.165, 1.54) is 0 Å². The largest absolute Gasteiger partial charge is 0.353 e. The number of amides is 3. The maximum Gasteiger partial charge on any atom is 0.322 e. The van der Waals surface area contributed by atoms with Gasteiger partial charge in [-0.1, -0.05) is 38.4 Å². The summed E-state index contributed by atoms with van der Waals surface area (Å²) in [4.78, 5) is 29.4. The minimum absolute atomic E-state index is 0.0381. The number of hydrogen-bond donors (Lipinski definition) is 1. The first kappa shape index (κ1) is 23.8. The van der Waals surface area contributed by atoms with Crippen LogP contribution in [-0.2, 0) is 18.4 Å². The number of urea groups is 1. The van der Waals surface area contributed by atoms with Crippen LogP contribution in [-0.4, -0.2) is 45.9 Å². The first-order chi connectivity index (χ1) is 14.2. The predicted molar refractivity (Wildman–Crippen MR) is 123 cm³/mol. The van der Waals surface area contributed by atoms with Crippen molar-refractivity contribution in [3.63, 3.8) is 0 Å². The maximum atomic E-state index is 13.1. The van der Waals surface area contributed by atoms with Crippen molar-refractivity contribution in [2.24, 2.45) is 13.0 Å². The second kappa shape index (κ2) is 11.1. The number of benzene rings is 1. The third kappa shape index (κ3) is 6.80. The molecule has 0 saturated carbocycles. The van der Waals surface area contributed by atoms with Crippen molar-refractivity contribution in [2.75, 3.05) is 25.0 Å². The highest BCUT2D eigenvalue weighted by Crippen LogP contribution is 2.20. The highest BCUT2D eigenvalue weighted by molar-refractivity contribution is 6.31. The van der Waals surface area contributed by atoms with Crippen LogP contribution in [0.2, 0.25) is 5.02 Å². The Labute approximate surface area is 184 Å². The summed E-state index contributed by atoms with van der Waals surface area (Å²) in [5, 5.41) is 3.46. The molecule has 0 bridgehead atoms. The quantitative estimate of drug-likeness (QED) is 0.611. The van der Waals surface area contributed by atoms with Gasteiger partial charge in [0.25, 0.3) is 0 Å². The number of hydrogen-bond acceptors (Lipinski definition) is 2. The topological polar surface area (TPSA) is 57.6 Å². The fraction of sp³-hybridized carbons (Fsp3) is 0.478. The number of nitrogens with zero attached hydrogens (tertiary/aromatic N) is 3. The average molecular weight is 433 g/mol. The van der Waals surface area contributed by atoms with E-state index in [2.05, 4.69) is 19.2 Å². The number of aromatic nitrogens is 1. The standard InChI is InChI=1S/C23H33ClN4O2/c1-6-11-27(23(30)25-19-10-9-18(4)21(24)13-19)16-22(29)28(14-17(2)3)15-20-8-7-12-26(20)5/h7-10,12-13,17H,6,11,14-16H2,1-5H3,(H,25,30). The molecule has 0 aliphatic carbocycles. The summed E-state index contributed by atoms with van der Waals surface area (Å²) in [5.41, 5.74) is 2.62. The lowest BCUT2D eigenvalue weighted by molar-refractivity contribution is -0.133. The number of halogens is 1. The van der Waals surface area contributed by atoms with E-state index in [0.717, 1.165) is 17.7 Å². The number of carbonyl (C=O) groups is 2. The molecule has 30 heavy (non-hydrogen) atoms. The molecule has 0 atom stereocenters. The molecule has 1 aromatic heterocycles. The van der Waals surface area contributed by atoms with Gasteiger partial charge < -0.3 is 19.7 Å². The van der Waals surface area contributed by atoms with Crippen molar-refractivity contribution >= 4 is 29.2 Å². The smallest absolute Gasteiger partial charge is 0.322 e. The number of rotatable bonds is 9. The number of carbonyl (C=O) groups excluding carboxylic acids is 2. The van der Waals surface area contributed by atoms with Gasteiger partial charge in [-0.2, -0.15) is 0 Å². The van der Waals surface area contributed by atoms with E-state index in [0.29, 0.717) is 36.3 Å². The Morgan fingerprint density at radius 2 is 1.93 bits per heavy atom. The van der Waals surface area contributed by atoms with Crippen molar-refractivity contribution in [2.45, 2.75) is 40.7 Å². The first-order valence-corrected chi connectivity index (χ1v) is 10.8. The molecule has 0 unspecified atom stereocenters. The van der Waals surface area contributed by atoms with Gasteiger partial charge in [0.15, 0.2) is 0 Å². The van der Waals surface area contributed by atoms with E-state index >= 15 is 0 Å². The van der Waals surface area contributed by atoms with Crippen LogP contribution < -0.4 is 5.32 Å². The number of aryl methyl sites for hydroxylation is 2. The predicted octanol–water partition coefficient (Wildman–Crippen LogP) is 4.92. The van der Waals surface area contributed by atoms with E-state index in [-0.39, 0.29) is 18.5 Å². The van der Waals surface area contributed by atoms with E-state index < -0.39 is 0 Å². The lowest BCUT2D eigenvalue weighted by Gasteiger charge is -2.29. The molecule has 0 aliphatic rings. The Hall–Kier alpha value is -2.47. The van der Waals surface area contributed by atoms with Crippen LogP contribution in [0.1, 0.15) is 38.4 Å². The molecule has 1 N–H and O–H groups in total. The van der Waals surface area contributed by atoms with Crippen LogP contribution >= 0.6 is 11.6 Å². The van der Waals surface area contributed by atoms with Crippen molar-refractivity contribution < 1.29 is 9.59 Å². The molecule has 0 spiro atoms. The van der Waals surface area contributed by atoms with Crippen LogP contribution in [0.3, 0.4) is 0 Å². The Morgan fingerprint density at radius 1 is 1.20 bits per heavy atom. The van der Waals surface area contributed by atoms with Gasteiger partial charge in [0.05, 0.1) is 6.54 Å². The van der Waals surface area contributed by atoms with Crippen LogP contribution in [0.4, 0.5) is 10.5 Å². The maximum absolute atomic E-state index is 13.1. The Morgan fingerprint density at radius 3 is 2.50 bits per heavy atom. The van der Waals surface area contributed by atoms with E-state index in [1.54, 1.807) is 11.0 Å². The molecule has 0 aliphatic heterocycles. The molecule has 2 aromatic rings. The van der Waals surface area contributed by atoms with Gasteiger partial charge in [-0.05, 0) is 49.1 Å². The second-order valence-electron chi connectivity index (χ2n) is 8.09. The zero-order valence-electron chi connectivity index (χ0n) is 18.6. The number of nitrogens with one attached hydrogen (secondary N) is 1. The van der Waals surface area contributed by atoms with Crippen molar-refractivity contribution in [3.05, 3.63) is 52.8 Å². The molecule has 0 fully saturated rings. The zero-order valence-corrected chi connectivity index (χ0v) is 19.4. The second-order valence-corrected chi connectivity index (χ2v) is 8.50. The van der Waals surface area contributed by atoms with Gasteiger partial charge in [-0.3, -0.25) is 4.79 Å². The van der Waals surface area contributed by atoms with E-state index in [4.69, 9.17) is 11.6 Å². The third-order valence-corrected chi connectivity index (χ3v) is 5.28. The Kier molecular flexibility index (Phi) is 8.78. The summed E-state index contributed by atoms with van der Waals surface area (Å²) in [6, 6.07) is 9.08. The van der Waals surface area contributed by atoms with Crippen LogP contribution in [0.25, 0.3) is 0 Å². The highest BCUT2D eigenvalue weighted by Gasteiger charge is 2.22. The van der Waals surface area contributed by atoms with Crippen molar-refractivity contribution in [1.82, 2.24) is 14.4 Å². The minimum atomic E-state index is -0.298. The third-order valence-electron chi connectivity index (χ3n) is 4.87. The first-order valence-electron chi connectivity index (χ1n) is 10.4. The van der Waals surface area contributed by atoms with Crippen LogP contribution in [0, 0.1) is 12.8 Å². The Balaban J connectivity index is 2.10. The molecule has 0 saturated heterocycles. The summed E-state index contributed by atoms with van der Waals surface area (Å²) in [7, 11) is 1.97. The average Bonchev–Trinajstić information content (AvgIpc) is 3.08. The molecular formula is C23H33ClN4O2. The molecule has 1 heterocycles. The molecule has 1 aromatic carbocycles. The van der Waals surface area contributed by atoms with Crippen molar-refractivity contribution in [3.8, 4) is 0 Å². The van der Waals surface area contributed by atoms with Gasteiger partial charge in [0, 0.05) is 42.7 Å². The summed E-state index contributed by atoms with van der Waals surface area (Å²) < 4.78 is 2.01. The van der Waals surface area contributed by atoms with Gasteiger partial charge >= 0.3 is 6.03 Å². The monoisotopic (exact) mass is 432 g/mol. The fourth-order valence-electron chi connectivity index (χ4n) is 3.21. The molecule has 6 nitrogen and oxygen atoms in total. The fourth-order valence-corrected chi connectivity index (χ4v) is 3.39. The normalized spacial score (nSPS) is 10.9. The molecule has 2 rings (SSSR count). The number of anilines is 1. The molecule has 7 heteroatoms. The summed E-state index contributed by atoms with van der Waals surface area (Å²) in [6.45, 7) is 9.77. The minimum Gasteiger partial charge on any atom is -0.353 e. The van der Waals surface area contributed by atoms with Gasteiger partial charge in [-0.25, -0.2) is 4.79 Å². The SMILES string of the molecule is CCCN(CC(=O)N(Cc1cccn1C)CC(C)C)C(=O)Nc1ccc(C)c(Cl)c1. The van der Waals surface area contributed by atoms with Gasteiger partial charge in [0.1, 0.15) is 6.54 Å². The lowest BCUT2D eigenvalue weighted by atomic mass is 10.2. The summed E-state index contributed by atoms with van der Waals surface area (Å²) >= 11 is 6.17. The van der Waals surface area contributed by atoms with Gasteiger partial charge in [0.2, 0.25) is 5.91 Å².